The van der Waals surface area contributed by atoms with E-state index in [0.717, 1.165) is 5.56 Å². The molecule has 0 heterocycles. The summed E-state index contributed by atoms with van der Waals surface area (Å²) in [5, 5.41) is 20.2. The van der Waals surface area contributed by atoms with Crippen LogP contribution in [0.3, 0.4) is 0 Å². The van der Waals surface area contributed by atoms with Gasteiger partial charge in [0.1, 0.15) is 6.04 Å². The van der Waals surface area contributed by atoms with Crippen molar-refractivity contribution in [2.75, 3.05) is 0 Å². The normalized spacial score (nSPS) is 12.0. The molecule has 0 amide bonds. The minimum atomic E-state index is -1.03. The van der Waals surface area contributed by atoms with Crippen LogP contribution in [0.1, 0.15) is 18.4 Å². The van der Waals surface area contributed by atoms with Crippen molar-refractivity contribution < 1.29 is 19.8 Å². The SMILES string of the molecule is O=C(O)CC[C@H](NCc1ccccc1)C(=O)O. The van der Waals surface area contributed by atoms with Gasteiger partial charge >= 0.3 is 11.9 Å². The Hall–Kier alpha value is -1.88. The van der Waals surface area contributed by atoms with Crippen LogP contribution in [0.5, 0.6) is 0 Å². The van der Waals surface area contributed by atoms with Gasteiger partial charge in [-0.25, -0.2) is 0 Å². The maximum atomic E-state index is 10.9. The number of nitrogens with one attached hydrogen (secondary N) is 1. The first kappa shape index (κ1) is 13.2. The number of hydrogen-bond acceptors (Lipinski definition) is 3. The molecule has 3 N–H and O–H groups in total. The maximum Gasteiger partial charge on any atom is 0.320 e. The summed E-state index contributed by atoms with van der Waals surface area (Å²) < 4.78 is 0. The molecule has 0 aromatic heterocycles. The van der Waals surface area contributed by atoms with Gasteiger partial charge in [-0.3, -0.25) is 9.59 Å². The second kappa shape index (κ2) is 6.65. The molecule has 0 spiro atoms. The predicted molar refractivity (Wildman–Crippen MR) is 61.6 cm³/mol. The Morgan fingerprint density at radius 2 is 1.82 bits per heavy atom. The van der Waals surface area contributed by atoms with Crippen molar-refractivity contribution in [2.24, 2.45) is 0 Å². The van der Waals surface area contributed by atoms with Gasteiger partial charge in [-0.2, -0.15) is 0 Å². The Balaban J connectivity index is 2.45. The van der Waals surface area contributed by atoms with E-state index in [0.29, 0.717) is 6.54 Å². The van der Waals surface area contributed by atoms with Gasteiger partial charge in [0.2, 0.25) is 0 Å². The van der Waals surface area contributed by atoms with Crippen LogP contribution in [0, 0.1) is 0 Å². The van der Waals surface area contributed by atoms with Crippen molar-refractivity contribution in [3.63, 3.8) is 0 Å². The van der Waals surface area contributed by atoms with Crippen LogP contribution >= 0.6 is 0 Å². The smallest absolute Gasteiger partial charge is 0.320 e. The Morgan fingerprint density at radius 1 is 1.18 bits per heavy atom. The van der Waals surface area contributed by atoms with Crippen LogP contribution in [0.25, 0.3) is 0 Å². The Bertz CT molecular complexity index is 377. The predicted octanol–water partition coefficient (Wildman–Crippen LogP) is 1.09. The summed E-state index contributed by atoms with van der Waals surface area (Å²) in [6, 6.07) is 8.54. The highest BCUT2D eigenvalue weighted by atomic mass is 16.4. The molecule has 5 nitrogen and oxygen atoms in total. The average molecular weight is 237 g/mol. The Morgan fingerprint density at radius 3 is 2.35 bits per heavy atom. The zero-order valence-corrected chi connectivity index (χ0v) is 9.30. The molecular weight excluding hydrogens is 222 g/mol. The van der Waals surface area contributed by atoms with Gasteiger partial charge in [-0.05, 0) is 12.0 Å². The lowest BCUT2D eigenvalue weighted by atomic mass is 10.1. The van der Waals surface area contributed by atoms with E-state index in [1.165, 1.54) is 0 Å². The topological polar surface area (TPSA) is 86.6 Å². The first-order valence-corrected chi connectivity index (χ1v) is 5.31. The molecule has 1 aromatic carbocycles. The first-order valence-electron chi connectivity index (χ1n) is 5.31. The lowest BCUT2D eigenvalue weighted by Gasteiger charge is -2.13. The highest BCUT2D eigenvalue weighted by Crippen LogP contribution is 2.02. The molecule has 0 unspecified atom stereocenters. The number of carboxylic acids is 2. The first-order chi connectivity index (χ1) is 8.09. The quantitative estimate of drug-likeness (QED) is 0.661. The van der Waals surface area contributed by atoms with Gasteiger partial charge in [0, 0.05) is 13.0 Å². The number of rotatable bonds is 7. The monoisotopic (exact) mass is 237 g/mol. The zero-order valence-electron chi connectivity index (χ0n) is 9.30. The van der Waals surface area contributed by atoms with E-state index in [9.17, 15) is 9.59 Å². The molecule has 0 aliphatic rings. The molecule has 0 radical (unpaired) electrons. The molecule has 1 rings (SSSR count). The van der Waals surface area contributed by atoms with E-state index in [-0.39, 0.29) is 12.8 Å². The number of carbonyl (C=O) groups is 2. The largest absolute Gasteiger partial charge is 0.481 e. The summed E-state index contributed by atoms with van der Waals surface area (Å²) in [6.45, 7) is 0.414. The Labute approximate surface area is 99.1 Å². The fourth-order valence-electron chi connectivity index (χ4n) is 1.42. The van der Waals surface area contributed by atoms with Crippen LogP contribution < -0.4 is 5.32 Å². The minimum Gasteiger partial charge on any atom is -0.481 e. The number of benzene rings is 1. The molecule has 0 aliphatic carbocycles. The average Bonchev–Trinajstić information content (AvgIpc) is 2.29. The second-order valence-electron chi connectivity index (χ2n) is 3.69. The summed E-state index contributed by atoms with van der Waals surface area (Å²) in [7, 11) is 0. The summed E-state index contributed by atoms with van der Waals surface area (Å²) in [6.07, 6.45) is -0.0732. The van der Waals surface area contributed by atoms with Crippen LogP contribution in [-0.2, 0) is 16.1 Å². The van der Waals surface area contributed by atoms with E-state index >= 15 is 0 Å². The molecule has 0 bridgehead atoms. The van der Waals surface area contributed by atoms with Gasteiger partial charge in [0.25, 0.3) is 0 Å². The molecule has 1 atom stereocenters. The summed E-state index contributed by atoms with van der Waals surface area (Å²) in [5.41, 5.74) is 0.967. The molecule has 0 saturated carbocycles. The molecular formula is C12H15NO4. The summed E-state index contributed by atoms with van der Waals surface area (Å²) in [5.74, 6) is -2.01. The highest BCUT2D eigenvalue weighted by molar-refractivity contribution is 5.75. The van der Waals surface area contributed by atoms with Gasteiger partial charge in [0.05, 0.1) is 0 Å². The van der Waals surface area contributed by atoms with E-state index in [1.54, 1.807) is 0 Å². The Kier molecular flexibility index (Phi) is 5.16. The van der Waals surface area contributed by atoms with Gasteiger partial charge in [0.15, 0.2) is 0 Å². The van der Waals surface area contributed by atoms with Crippen LogP contribution in [0.2, 0.25) is 0 Å². The third-order valence-corrected chi connectivity index (χ3v) is 2.34. The van der Waals surface area contributed by atoms with Crippen LogP contribution in [0.4, 0.5) is 0 Å². The molecule has 0 fully saturated rings. The van der Waals surface area contributed by atoms with E-state index in [2.05, 4.69) is 5.32 Å². The van der Waals surface area contributed by atoms with Crippen molar-refractivity contribution in [2.45, 2.75) is 25.4 Å². The number of carboxylic acid groups (broad SMARTS) is 2. The van der Waals surface area contributed by atoms with Crippen molar-refractivity contribution >= 4 is 11.9 Å². The van der Waals surface area contributed by atoms with Gasteiger partial charge < -0.3 is 15.5 Å². The van der Waals surface area contributed by atoms with Gasteiger partial charge in [-0.1, -0.05) is 30.3 Å². The van der Waals surface area contributed by atoms with Crippen LogP contribution in [-0.4, -0.2) is 28.2 Å². The molecule has 0 aliphatic heterocycles. The fourth-order valence-corrected chi connectivity index (χ4v) is 1.42. The molecule has 17 heavy (non-hydrogen) atoms. The van der Waals surface area contributed by atoms with Gasteiger partial charge in [-0.15, -0.1) is 0 Å². The van der Waals surface area contributed by atoms with E-state index in [1.807, 2.05) is 30.3 Å². The highest BCUT2D eigenvalue weighted by Gasteiger charge is 2.17. The van der Waals surface area contributed by atoms with Crippen molar-refractivity contribution in [1.29, 1.82) is 0 Å². The standard InChI is InChI=1S/C12H15NO4/c14-11(15)7-6-10(12(16)17)13-8-9-4-2-1-3-5-9/h1-5,10,13H,6-8H2,(H,14,15)(H,16,17)/t10-/m0/s1. The fraction of sp³-hybridized carbons (Fsp3) is 0.333. The second-order valence-corrected chi connectivity index (χ2v) is 3.69. The molecule has 5 heteroatoms. The van der Waals surface area contributed by atoms with E-state index in [4.69, 9.17) is 10.2 Å². The maximum absolute atomic E-state index is 10.9. The minimum absolute atomic E-state index is 0.0809. The molecule has 1 aromatic rings. The third-order valence-electron chi connectivity index (χ3n) is 2.34. The third kappa shape index (κ3) is 5.12. The summed E-state index contributed by atoms with van der Waals surface area (Å²) >= 11 is 0. The van der Waals surface area contributed by atoms with Crippen LogP contribution in [0.15, 0.2) is 30.3 Å². The molecule has 92 valence electrons. The van der Waals surface area contributed by atoms with Crippen molar-refractivity contribution in [3.8, 4) is 0 Å². The lowest BCUT2D eigenvalue weighted by molar-refractivity contribution is -0.140. The number of aliphatic carboxylic acids is 2. The lowest BCUT2D eigenvalue weighted by Crippen LogP contribution is -2.36. The van der Waals surface area contributed by atoms with E-state index < -0.39 is 18.0 Å². The molecule has 0 saturated heterocycles. The summed E-state index contributed by atoms with van der Waals surface area (Å²) in [4.78, 5) is 21.3. The number of hydrogen-bond donors (Lipinski definition) is 3. The van der Waals surface area contributed by atoms with Crippen molar-refractivity contribution in [3.05, 3.63) is 35.9 Å². The zero-order chi connectivity index (χ0) is 12.7. The van der Waals surface area contributed by atoms with Crippen molar-refractivity contribution in [1.82, 2.24) is 5.32 Å².